The number of rotatable bonds is 2. The van der Waals surface area contributed by atoms with Crippen molar-refractivity contribution in [1.82, 2.24) is 4.98 Å². The number of pyridine rings is 1. The molecule has 2 nitrogen and oxygen atoms in total. The van der Waals surface area contributed by atoms with Crippen molar-refractivity contribution in [2.24, 2.45) is 0 Å². The zero-order chi connectivity index (χ0) is 13.2. The number of nitrogens with zero attached hydrogens (tertiary/aromatic N) is 2. The molecule has 0 aliphatic carbocycles. The average molecular weight is 315 g/mol. The first-order valence-electron chi connectivity index (χ1n) is 4.16. The predicted molar refractivity (Wildman–Crippen MR) is 51.5 cm³/mol. The Hall–Kier alpha value is -1.23. The monoisotopic (exact) mass is 314 g/mol. The van der Waals surface area contributed by atoms with Gasteiger partial charge in [0.05, 0.1) is 5.56 Å². The van der Waals surface area contributed by atoms with Crippen LogP contribution in [0.15, 0.2) is 6.07 Å². The molecule has 0 amide bonds. The number of halogens is 6. The van der Waals surface area contributed by atoms with Gasteiger partial charge in [-0.2, -0.15) is 18.4 Å². The third-order valence-electron chi connectivity index (χ3n) is 1.89. The maximum absolute atomic E-state index is 12.5. The number of alkyl halides is 6. The average Bonchev–Trinajstić information content (AvgIpc) is 2.25. The van der Waals surface area contributed by atoms with E-state index in [1.807, 2.05) is 0 Å². The Kier molecular flexibility index (Phi) is 4.03. The van der Waals surface area contributed by atoms with Gasteiger partial charge in [0.25, 0.3) is 6.43 Å². The van der Waals surface area contributed by atoms with Crippen molar-refractivity contribution < 1.29 is 22.0 Å². The van der Waals surface area contributed by atoms with Crippen LogP contribution in [-0.4, -0.2) is 4.98 Å². The van der Waals surface area contributed by atoms with E-state index in [2.05, 4.69) is 20.9 Å². The van der Waals surface area contributed by atoms with Gasteiger partial charge >= 0.3 is 6.18 Å². The Morgan fingerprint density at radius 1 is 1.41 bits per heavy atom. The SMILES string of the molecule is N#Cc1nc(C(F)F)c(C(F)(F)F)cc1CBr. The number of nitriles is 1. The highest BCUT2D eigenvalue weighted by Gasteiger charge is 2.37. The Morgan fingerprint density at radius 2 is 2.00 bits per heavy atom. The molecule has 0 aliphatic rings. The molecule has 0 N–H and O–H groups in total. The van der Waals surface area contributed by atoms with E-state index >= 15 is 0 Å². The summed E-state index contributed by atoms with van der Waals surface area (Å²) >= 11 is 2.87. The van der Waals surface area contributed by atoms with E-state index in [1.165, 1.54) is 6.07 Å². The van der Waals surface area contributed by atoms with Gasteiger partial charge in [0.2, 0.25) is 0 Å². The summed E-state index contributed by atoms with van der Waals surface area (Å²) in [5.41, 5.74) is -3.45. The molecule has 0 atom stereocenters. The Labute approximate surface area is 101 Å². The molecule has 1 rings (SSSR count). The van der Waals surface area contributed by atoms with Crippen molar-refractivity contribution in [1.29, 1.82) is 5.26 Å². The summed E-state index contributed by atoms with van der Waals surface area (Å²) < 4.78 is 62.3. The molecular weight excluding hydrogens is 311 g/mol. The molecule has 0 radical (unpaired) electrons. The first kappa shape index (κ1) is 13.8. The largest absolute Gasteiger partial charge is 0.418 e. The van der Waals surface area contributed by atoms with Gasteiger partial charge in [0, 0.05) is 5.33 Å². The molecule has 17 heavy (non-hydrogen) atoms. The van der Waals surface area contributed by atoms with Crippen LogP contribution in [0.2, 0.25) is 0 Å². The van der Waals surface area contributed by atoms with Crippen molar-refractivity contribution in [3.8, 4) is 6.07 Å². The third kappa shape index (κ3) is 2.91. The van der Waals surface area contributed by atoms with E-state index in [0.717, 1.165) is 0 Å². The second-order valence-corrected chi connectivity index (χ2v) is 3.53. The molecule has 0 spiro atoms. The van der Waals surface area contributed by atoms with Crippen LogP contribution in [0.5, 0.6) is 0 Å². The predicted octanol–water partition coefficient (Wildman–Crippen LogP) is 3.80. The maximum atomic E-state index is 12.5. The topological polar surface area (TPSA) is 36.7 Å². The van der Waals surface area contributed by atoms with Crippen LogP contribution in [0.1, 0.15) is 28.9 Å². The summed E-state index contributed by atoms with van der Waals surface area (Å²) in [6.07, 6.45) is -8.31. The minimum absolute atomic E-state index is 0.0739. The van der Waals surface area contributed by atoms with Crippen molar-refractivity contribution in [3.05, 3.63) is 28.6 Å². The van der Waals surface area contributed by atoms with E-state index in [9.17, 15) is 22.0 Å². The summed E-state index contributed by atoms with van der Waals surface area (Å²) in [6, 6.07) is 1.99. The lowest BCUT2D eigenvalue weighted by Gasteiger charge is -2.13. The lowest BCUT2D eigenvalue weighted by molar-refractivity contribution is -0.140. The van der Waals surface area contributed by atoms with E-state index in [-0.39, 0.29) is 10.9 Å². The lowest BCUT2D eigenvalue weighted by atomic mass is 10.1. The van der Waals surface area contributed by atoms with Gasteiger partial charge in [-0.15, -0.1) is 0 Å². The van der Waals surface area contributed by atoms with Crippen LogP contribution in [0.25, 0.3) is 0 Å². The fourth-order valence-corrected chi connectivity index (χ4v) is 1.59. The highest BCUT2D eigenvalue weighted by Crippen LogP contribution is 2.36. The Bertz CT molecular complexity index is 464. The van der Waals surface area contributed by atoms with Gasteiger partial charge in [-0.3, -0.25) is 0 Å². The third-order valence-corrected chi connectivity index (χ3v) is 2.50. The van der Waals surface area contributed by atoms with Crippen LogP contribution in [-0.2, 0) is 11.5 Å². The summed E-state index contributed by atoms with van der Waals surface area (Å²) in [5.74, 6) is 0. The van der Waals surface area contributed by atoms with Crippen molar-refractivity contribution in [3.63, 3.8) is 0 Å². The quantitative estimate of drug-likeness (QED) is 0.615. The molecule has 92 valence electrons. The number of aromatic nitrogens is 1. The zero-order valence-electron chi connectivity index (χ0n) is 8.02. The number of hydrogen-bond acceptors (Lipinski definition) is 2. The highest BCUT2D eigenvalue weighted by atomic mass is 79.9. The fourth-order valence-electron chi connectivity index (χ4n) is 1.16. The van der Waals surface area contributed by atoms with Crippen LogP contribution < -0.4 is 0 Å². The van der Waals surface area contributed by atoms with Crippen molar-refractivity contribution >= 4 is 15.9 Å². The molecule has 0 bridgehead atoms. The Morgan fingerprint density at radius 3 is 2.35 bits per heavy atom. The van der Waals surface area contributed by atoms with Gasteiger partial charge in [0.1, 0.15) is 17.5 Å². The lowest BCUT2D eigenvalue weighted by Crippen LogP contribution is -2.13. The molecule has 1 aromatic heterocycles. The van der Waals surface area contributed by atoms with Crippen LogP contribution in [0.4, 0.5) is 22.0 Å². The van der Waals surface area contributed by atoms with Crippen LogP contribution in [0, 0.1) is 11.3 Å². The molecule has 1 heterocycles. The Balaban J connectivity index is 3.53. The van der Waals surface area contributed by atoms with Crippen LogP contribution >= 0.6 is 15.9 Å². The zero-order valence-corrected chi connectivity index (χ0v) is 9.61. The first-order chi connectivity index (χ1) is 7.81. The van der Waals surface area contributed by atoms with Gasteiger partial charge < -0.3 is 0 Å². The van der Waals surface area contributed by atoms with Crippen molar-refractivity contribution in [2.45, 2.75) is 17.9 Å². The summed E-state index contributed by atoms with van der Waals surface area (Å²) in [5, 5.41) is 8.52. The maximum Gasteiger partial charge on any atom is 0.418 e. The van der Waals surface area contributed by atoms with E-state index in [0.29, 0.717) is 6.07 Å². The molecule has 0 saturated heterocycles. The van der Waals surface area contributed by atoms with Gasteiger partial charge in [-0.1, -0.05) is 15.9 Å². The smallest absolute Gasteiger partial charge is 0.235 e. The number of hydrogen-bond donors (Lipinski definition) is 0. The minimum atomic E-state index is -4.93. The minimum Gasteiger partial charge on any atom is -0.235 e. The molecule has 0 fully saturated rings. The second-order valence-electron chi connectivity index (χ2n) is 2.97. The van der Waals surface area contributed by atoms with Gasteiger partial charge in [-0.05, 0) is 11.6 Å². The normalized spacial score (nSPS) is 11.6. The van der Waals surface area contributed by atoms with E-state index in [1.54, 1.807) is 0 Å². The van der Waals surface area contributed by atoms with E-state index in [4.69, 9.17) is 5.26 Å². The molecule has 0 aromatic carbocycles. The molecule has 0 aliphatic heterocycles. The molecule has 8 heteroatoms. The molecule has 1 aromatic rings. The molecular formula is C9H4BrF5N2. The summed E-state index contributed by atoms with van der Waals surface area (Å²) in [6.45, 7) is 0. The summed E-state index contributed by atoms with van der Waals surface area (Å²) in [7, 11) is 0. The van der Waals surface area contributed by atoms with Gasteiger partial charge in [-0.25, -0.2) is 13.8 Å². The standard InChI is InChI=1S/C9H4BrF5N2/c10-2-4-1-5(9(13,14)15)7(8(11)12)17-6(4)3-16/h1,8H,2H2. The first-order valence-corrected chi connectivity index (χ1v) is 5.28. The van der Waals surface area contributed by atoms with Crippen LogP contribution in [0.3, 0.4) is 0 Å². The van der Waals surface area contributed by atoms with E-state index < -0.39 is 29.6 Å². The van der Waals surface area contributed by atoms with Gasteiger partial charge in [0.15, 0.2) is 0 Å². The second kappa shape index (κ2) is 4.96. The molecule has 0 saturated carbocycles. The van der Waals surface area contributed by atoms with Crippen molar-refractivity contribution in [2.75, 3.05) is 0 Å². The highest BCUT2D eigenvalue weighted by molar-refractivity contribution is 9.08. The molecule has 0 unspecified atom stereocenters. The fraction of sp³-hybridized carbons (Fsp3) is 0.333. The summed E-state index contributed by atoms with van der Waals surface area (Å²) in [4.78, 5) is 3.07.